The summed E-state index contributed by atoms with van der Waals surface area (Å²) in [6.45, 7) is 9.44. The zero-order valence-corrected chi connectivity index (χ0v) is 13.5. The lowest BCUT2D eigenvalue weighted by atomic mass is 9.99. The van der Waals surface area contributed by atoms with E-state index in [9.17, 15) is 5.11 Å². The fourth-order valence-corrected chi connectivity index (χ4v) is 2.84. The number of nitrogens with zero attached hydrogens (tertiary/aromatic N) is 3. The number of aliphatic hydroxyl groups excluding tert-OH is 1. The summed E-state index contributed by atoms with van der Waals surface area (Å²) in [6.07, 6.45) is 4.15. The van der Waals surface area contributed by atoms with E-state index in [1.165, 1.54) is 0 Å². The van der Waals surface area contributed by atoms with Crippen LogP contribution in [0.3, 0.4) is 0 Å². The highest BCUT2D eigenvalue weighted by molar-refractivity contribution is 5.59. The summed E-state index contributed by atoms with van der Waals surface area (Å²) in [4.78, 5) is 11.7. The van der Waals surface area contributed by atoms with Gasteiger partial charge in [-0.3, -0.25) is 0 Å². The van der Waals surface area contributed by atoms with Crippen molar-refractivity contribution in [1.29, 1.82) is 0 Å². The van der Waals surface area contributed by atoms with Crippen molar-refractivity contribution < 1.29 is 5.11 Å². The summed E-state index contributed by atoms with van der Waals surface area (Å²) in [6, 6.07) is 0. The van der Waals surface area contributed by atoms with Gasteiger partial charge in [0.1, 0.15) is 17.5 Å². The first kappa shape index (κ1) is 16.0. The van der Waals surface area contributed by atoms with Crippen LogP contribution in [-0.4, -0.2) is 41.3 Å². The predicted octanol–water partition coefficient (Wildman–Crippen LogP) is 2.38. The molecular formula is C16H28N4O. The van der Waals surface area contributed by atoms with E-state index in [2.05, 4.69) is 36.0 Å². The van der Waals surface area contributed by atoms with Gasteiger partial charge in [0.15, 0.2) is 0 Å². The van der Waals surface area contributed by atoms with E-state index >= 15 is 0 Å². The lowest BCUT2D eigenvalue weighted by molar-refractivity contribution is 0.208. The van der Waals surface area contributed by atoms with Gasteiger partial charge in [-0.25, -0.2) is 9.97 Å². The van der Waals surface area contributed by atoms with Gasteiger partial charge in [-0.2, -0.15) is 0 Å². The molecule has 0 amide bonds. The molecule has 1 aromatic rings. The number of nitrogens with one attached hydrogen (secondary N) is 1. The maximum Gasteiger partial charge on any atom is 0.137 e. The molecule has 0 spiro atoms. The van der Waals surface area contributed by atoms with Crippen LogP contribution >= 0.6 is 0 Å². The lowest BCUT2D eigenvalue weighted by Gasteiger charge is -2.34. The molecule has 2 heterocycles. The highest BCUT2D eigenvalue weighted by Gasteiger charge is 2.23. The number of hydrogen-bond acceptors (Lipinski definition) is 5. The van der Waals surface area contributed by atoms with Gasteiger partial charge >= 0.3 is 0 Å². The van der Waals surface area contributed by atoms with Gasteiger partial charge in [-0.05, 0) is 32.1 Å². The largest absolute Gasteiger partial charge is 0.396 e. The summed E-state index contributed by atoms with van der Waals surface area (Å²) in [5, 5.41) is 12.8. The van der Waals surface area contributed by atoms with Gasteiger partial charge in [0.25, 0.3) is 0 Å². The van der Waals surface area contributed by atoms with Crippen LogP contribution < -0.4 is 10.2 Å². The molecule has 1 aliphatic heterocycles. The van der Waals surface area contributed by atoms with E-state index in [0.29, 0.717) is 5.92 Å². The van der Waals surface area contributed by atoms with Gasteiger partial charge < -0.3 is 15.3 Å². The van der Waals surface area contributed by atoms with Crippen molar-refractivity contribution in [1.82, 2.24) is 9.97 Å². The molecule has 118 valence electrons. The third-order valence-corrected chi connectivity index (χ3v) is 4.10. The molecule has 0 bridgehead atoms. The van der Waals surface area contributed by atoms with Crippen molar-refractivity contribution in [3.63, 3.8) is 0 Å². The highest BCUT2D eigenvalue weighted by atomic mass is 16.3. The molecule has 21 heavy (non-hydrogen) atoms. The van der Waals surface area contributed by atoms with Crippen molar-refractivity contribution in [2.75, 3.05) is 36.5 Å². The Morgan fingerprint density at radius 3 is 2.81 bits per heavy atom. The Labute approximate surface area is 127 Å². The van der Waals surface area contributed by atoms with Crippen molar-refractivity contribution >= 4 is 11.6 Å². The minimum Gasteiger partial charge on any atom is -0.396 e. The van der Waals surface area contributed by atoms with Crippen molar-refractivity contribution in [3.05, 3.63) is 11.4 Å². The lowest BCUT2D eigenvalue weighted by Crippen LogP contribution is -2.38. The minimum atomic E-state index is 0.266. The zero-order valence-electron chi connectivity index (χ0n) is 13.5. The second kappa shape index (κ2) is 7.59. The number of piperidine rings is 1. The van der Waals surface area contributed by atoms with Crippen LogP contribution in [0.2, 0.25) is 0 Å². The van der Waals surface area contributed by atoms with Crippen molar-refractivity contribution in [3.8, 4) is 0 Å². The number of aromatic nitrogens is 2. The fourth-order valence-electron chi connectivity index (χ4n) is 2.84. The van der Waals surface area contributed by atoms with Crippen LogP contribution in [0.5, 0.6) is 0 Å². The molecule has 5 heteroatoms. The fraction of sp³-hybridized carbons (Fsp3) is 0.750. The van der Waals surface area contributed by atoms with Crippen LogP contribution in [-0.2, 0) is 6.42 Å². The number of aliphatic hydroxyl groups is 1. The van der Waals surface area contributed by atoms with Gasteiger partial charge in [-0.15, -0.1) is 0 Å². The van der Waals surface area contributed by atoms with E-state index < -0.39 is 0 Å². The quantitative estimate of drug-likeness (QED) is 0.843. The summed E-state index contributed by atoms with van der Waals surface area (Å²) in [5.41, 5.74) is 1.12. The Bertz CT molecular complexity index is 464. The molecule has 0 aliphatic carbocycles. The van der Waals surface area contributed by atoms with Gasteiger partial charge in [-0.1, -0.05) is 13.8 Å². The Balaban J connectivity index is 2.28. The van der Waals surface area contributed by atoms with Gasteiger partial charge in [0, 0.05) is 38.2 Å². The number of aryl methyl sites for hydroxylation is 1. The maximum absolute atomic E-state index is 9.42. The Morgan fingerprint density at radius 1 is 1.33 bits per heavy atom. The minimum absolute atomic E-state index is 0.266. The smallest absolute Gasteiger partial charge is 0.137 e. The normalized spacial score (nSPS) is 18.9. The zero-order chi connectivity index (χ0) is 15.2. The first-order valence-corrected chi connectivity index (χ1v) is 8.16. The SMILES string of the molecule is CCCNc1nc(CC)nc(N2CCCC(CO)C2)c1C. The standard InChI is InChI=1S/C16H28N4O/c1-4-8-17-15-12(3)16(19-14(5-2)18-15)20-9-6-7-13(10-20)11-21/h13,21H,4-11H2,1-3H3,(H,17,18,19). The molecule has 2 rings (SSSR count). The molecule has 1 aliphatic rings. The topological polar surface area (TPSA) is 61.3 Å². The molecule has 1 aromatic heterocycles. The Kier molecular flexibility index (Phi) is 5.79. The molecule has 2 N–H and O–H groups in total. The van der Waals surface area contributed by atoms with Gasteiger partial charge in [0.05, 0.1) is 0 Å². The Hall–Kier alpha value is -1.36. The second-order valence-corrected chi connectivity index (χ2v) is 5.85. The average molecular weight is 292 g/mol. The number of anilines is 2. The summed E-state index contributed by atoms with van der Waals surface area (Å²) in [5.74, 6) is 3.26. The first-order chi connectivity index (χ1) is 10.2. The molecule has 1 atom stereocenters. The highest BCUT2D eigenvalue weighted by Crippen LogP contribution is 2.28. The molecule has 0 aromatic carbocycles. The summed E-state index contributed by atoms with van der Waals surface area (Å²) < 4.78 is 0. The van der Waals surface area contributed by atoms with Crippen molar-refractivity contribution in [2.45, 2.75) is 46.5 Å². The molecule has 5 nitrogen and oxygen atoms in total. The third kappa shape index (κ3) is 3.84. The van der Waals surface area contributed by atoms with E-state index in [1.807, 2.05) is 0 Å². The average Bonchev–Trinajstić information content (AvgIpc) is 2.54. The predicted molar refractivity (Wildman–Crippen MR) is 87.0 cm³/mol. The number of hydrogen-bond donors (Lipinski definition) is 2. The van der Waals surface area contributed by atoms with Crippen molar-refractivity contribution in [2.24, 2.45) is 5.92 Å². The first-order valence-electron chi connectivity index (χ1n) is 8.16. The van der Waals surface area contributed by atoms with E-state index in [-0.39, 0.29) is 6.61 Å². The van der Waals surface area contributed by atoms with Gasteiger partial charge in [0.2, 0.25) is 0 Å². The summed E-state index contributed by atoms with van der Waals surface area (Å²) in [7, 11) is 0. The van der Waals surface area contributed by atoms with Crippen LogP contribution in [0.25, 0.3) is 0 Å². The van der Waals surface area contributed by atoms with E-state index in [0.717, 1.165) is 68.3 Å². The van der Waals surface area contributed by atoms with E-state index in [1.54, 1.807) is 0 Å². The molecule has 0 saturated carbocycles. The maximum atomic E-state index is 9.42. The third-order valence-electron chi connectivity index (χ3n) is 4.10. The van der Waals surface area contributed by atoms with Crippen LogP contribution in [0.4, 0.5) is 11.6 Å². The van der Waals surface area contributed by atoms with E-state index in [4.69, 9.17) is 4.98 Å². The monoisotopic (exact) mass is 292 g/mol. The second-order valence-electron chi connectivity index (χ2n) is 5.85. The molecular weight excluding hydrogens is 264 g/mol. The Morgan fingerprint density at radius 2 is 2.14 bits per heavy atom. The molecule has 1 unspecified atom stereocenters. The molecule has 1 fully saturated rings. The summed E-state index contributed by atoms with van der Waals surface area (Å²) >= 11 is 0. The molecule has 1 saturated heterocycles. The van der Waals surface area contributed by atoms with Crippen LogP contribution in [0.1, 0.15) is 44.5 Å². The van der Waals surface area contributed by atoms with Crippen LogP contribution in [0.15, 0.2) is 0 Å². The van der Waals surface area contributed by atoms with Crippen LogP contribution in [0, 0.1) is 12.8 Å². The molecule has 0 radical (unpaired) electrons. The number of rotatable bonds is 6.